The van der Waals surface area contributed by atoms with Crippen molar-refractivity contribution in [2.45, 2.75) is 5.92 Å². The molecule has 1 unspecified atom stereocenters. The number of carboxylic acids is 1. The van der Waals surface area contributed by atoms with Gasteiger partial charge in [0.2, 0.25) is 0 Å². The van der Waals surface area contributed by atoms with Crippen molar-refractivity contribution in [1.29, 1.82) is 0 Å². The van der Waals surface area contributed by atoms with Crippen molar-refractivity contribution >= 4 is 5.97 Å². The Labute approximate surface area is 100 Å². The molecule has 17 heavy (non-hydrogen) atoms. The van der Waals surface area contributed by atoms with Crippen LogP contribution in [-0.2, 0) is 4.79 Å². The number of nitrogens with zero attached hydrogens (tertiary/aromatic N) is 2. The van der Waals surface area contributed by atoms with Crippen LogP contribution in [0.4, 0.5) is 0 Å². The van der Waals surface area contributed by atoms with E-state index in [0.717, 1.165) is 31.7 Å². The Hall–Kier alpha value is -1.46. The highest BCUT2D eigenvalue weighted by Gasteiger charge is 2.23. The molecule has 5 nitrogen and oxygen atoms in total. The quantitative estimate of drug-likeness (QED) is 0.778. The van der Waals surface area contributed by atoms with Crippen LogP contribution >= 0.6 is 0 Å². The number of aromatic nitrogens is 1. The molecule has 0 bridgehead atoms. The molecule has 1 aliphatic rings. The minimum absolute atomic E-state index is 0.484. The number of aliphatic carboxylic acids is 1. The molecule has 2 heterocycles. The lowest BCUT2D eigenvalue weighted by molar-refractivity contribution is -0.139. The summed E-state index contributed by atoms with van der Waals surface area (Å²) in [5.41, 5.74) is 0.776. The fraction of sp³-hybridized carbons (Fsp3) is 0.500. The monoisotopic (exact) mass is 235 g/mol. The lowest BCUT2D eigenvalue weighted by atomic mass is 10.0. The van der Waals surface area contributed by atoms with E-state index in [1.807, 2.05) is 6.07 Å². The molecule has 1 atom stereocenters. The molecular formula is C12H17N3O2. The second kappa shape index (κ2) is 5.75. The van der Waals surface area contributed by atoms with E-state index in [1.54, 1.807) is 18.5 Å². The molecule has 5 heteroatoms. The van der Waals surface area contributed by atoms with Crippen LogP contribution in [0, 0.1) is 0 Å². The molecule has 0 aromatic carbocycles. The van der Waals surface area contributed by atoms with E-state index in [-0.39, 0.29) is 0 Å². The van der Waals surface area contributed by atoms with Gasteiger partial charge in [0.15, 0.2) is 0 Å². The molecule has 0 spiro atoms. The van der Waals surface area contributed by atoms with Gasteiger partial charge in [-0.05, 0) is 11.6 Å². The summed E-state index contributed by atoms with van der Waals surface area (Å²) < 4.78 is 0. The van der Waals surface area contributed by atoms with E-state index in [4.69, 9.17) is 0 Å². The third kappa shape index (κ3) is 3.25. The zero-order valence-corrected chi connectivity index (χ0v) is 9.67. The smallest absolute Gasteiger partial charge is 0.312 e. The van der Waals surface area contributed by atoms with E-state index in [0.29, 0.717) is 6.54 Å². The van der Waals surface area contributed by atoms with Crippen LogP contribution in [-0.4, -0.2) is 53.7 Å². The van der Waals surface area contributed by atoms with Gasteiger partial charge >= 0.3 is 5.97 Å². The predicted octanol–water partition coefficient (Wildman–Crippen LogP) is 0.155. The van der Waals surface area contributed by atoms with Gasteiger partial charge in [0.05, 0.1) is 5.92 Å². The number of piperazine rings is 1. The number of pyridine rings is 1. The van der Waals surface area contributed by atoms with Crippen molar-refractivity contribution < 1.29 is 9.90 Å². The second-order valence-corrected chi connectivity index (χ2v) is 4.23. The molecule has 0 saturated carbocycles. The van der Waals surface area contributed by atoms with Gasteiger partial charge in [-0.1, -0.05) is 6.07 Å². The molecular weight excluding hydrogens is 218 g/mol. The van der Waals surface area contributed by atoms with Gasteiger partial charge in [-0.25, -0.2) is 0 Å². The van der Waals surface area contributed by atoms with E-state index in [2.05, 4.69) is 15.2 Å². The fourth-order valence-corrected chi connectivity index (χ4v) is 2.06. The highest BCUT2D eigenvalue weighted by Crippen LogP contribution is 2.16. The molecule has 2 rings (SSSR count). The van der Waals surface area contributed by atoms with E-state index >= 15 is 0 Å². The molecule has 0 radical (unpaired) electrons. The molecule has 0 aliphatic carbocycles. The number of carboxylic acid groups (broad SMARTS) is 1. The predicted molar refractivity (Wildman–Crippen MR) is 63.9 cm³/mol. The molecule has 92 valence electrons. The normalized spacial score (nSPS) is 18.8. The van der Waals surface area contributed by atoms with Crippen molar-refractivity contribution in [1.82, 2.24) is 15.2 Å². The van der Waals surface area contributed by atoms with Crippen molar-refractivity contribution in [3.05, 3.63) is 30.1 Å². The lowest BCUT2D eigenvalue weighted by Gasteiger charge is -2.29. The van der Waals surface area contributed by atoms with E-state index < -0.39 is 11.9 Å². The van der Waals surface area contributed by atoms with Gasteiger partial charge in [-0.2, -0.15) is 0 Å². The summed E-state index contributed by atoms with van der Waals surface area (Å²) in [6.07, 6.45) is 3.30. The van der Waals surface area contributed by atoms with Crippen LogP contribution in [0.1, 0.15) is 11.5 Å². The van der Waals surface area contributed by atoms with Crippen LogP contribution in [0.15, 0.2) is 24.5 Å². The summed E-state index contributed by atoms with van der Waals surface area (Å²) in [7, 11) is 0. The SMILES string of the molecule is O=C(O)C(CN1CCNCC1)c1cccnc1. The molecule has 2 N–H and O–H groups in total. The first-order chi connectivity index (χ1) is 8.27. The first-order valence-electron chi connectivity index (χ1n) is 5.83. The van der Waals surface area contributed by atoms with Gasteiger partial charge in [0, 0.05) is 45.1 Å². The number of carbonyl (C=O) groups is 1. The zero-order chi connectivity index (χ0) is 12.1. The van der Waals surface area contributed by atoms with Gasteiger partial charge < -0.3 is 10.4 Å². The zero-order valence-electron chi connectivity index (χ0n) is 9.67. The molecule has 1 fully saturated rings. The summed E-state index contributed by atoms with van der Waals surface area (Å²) in [6.45, 7) is 4.23. The maximum absolute atomic E-state index is 11.3. The maximum atomic E-state index is 11.3. The summed E-state index contributed by atoms with van der Waals surface area (Å²) in [6, 6.07) is 3.61. The average Bonchev–Trinajstić information content (AvgIpc) is 2.38. The first-order valence-corrected chi connectivity index (χ1v) is 5.83. The lowest BCUT2D eigenvalue weighted by Crippen LogP contribution is -2.45. The van der Waals surface area contributed by atoms with Crippen LogP contribution in [0.5, 0.6) is 0 Å². The third-order valence-corrected chi connectivity index (χ3v) is 3.04. The third-order valence-electron chi connectivity index (χ3n) is 3.04. The molecule has 1 saturated heterocycles. The highest BCUT2D eigenvalue weighted by atomic mass is 16.4. The largest absolute Gasteiger partial charge is 0.481 e. The van der Waals surface area contributed by atoms with Gasteiger partial charge in [-0.3, -0.25) is 14.7 Å². The fourth-order valence-electron chi connectivity index (χ4n) is 2.06. The van der Waals surface area contributed by atoms with Crippen LogP contribution in [0.3, 0.4) is 0 Å². The summed E-state index contributed by atoms with van der Waals surface area (Å²) in [4.78, 5) is 17.5. The van der Waals surface area contributed by atoms with Gasteiger partial charge in [0.25, 0.3) is 0 Å². The number of hydrogen-bond donors (Lipinski definition) is 2. The minimum Gasteiger partial charge on any atom is -0.481 e. The van der Waals surface area contributed by atoms with Crippen LogP contribution < -0.4 is 5.32 Å². The van der Waals surface area contributed by atoms with E-state index in [9.17, 15) is 9.90 Å². The molecule has 0 amide bonds. The Morgan fingerprint density at radius 1 is 1.53 bits per heavy atom. The Morgan fingerprint density at radius 2 is 2.29 bits per heavy atom. The summed E-state index contributed by atoms with van der Waals surface area (Å²) >= 11 is 0. The Morgan fingerprint density at radius 3 is 2.88 bits per heavy atom. The topological polar surface area (TPSA) is 65.5 Å². The van der Waals surface area contributed by atoms with Gasteiger partial charge in [0.1, 0.15) is 0 Å². The Balaban J connectivity index is 2.05. The number of rotatable bonds is 4. The summed E-state index contributed by atoms with van der Waals surface area (Å²) in [5, 5.41) is 12.5. The van der Waals surface area contributed by atoms with Crippen molar-refractivity contribution in [3.8, 4) is 0 Å². The second-order valence-electron chi connectivity index (χ2n) is 4.23. The average molecular weight is 235 g/mol. The van der Waals surface area contributed by atoms with Crippen molar-refractivity contribution in [2.24, 2.45) is 0 Å². The molecule has 1 aliphatic heterocycles. The van der Waals surface area contributed by atoms with E-state index in [1.165, 1.54) is 0 Å². The maximum Gasteiger partial charge on any atom is 0.312 e. The van der Waals surface area contributed by atoms with Crippen molar-refractivity contribution in [3.63, 3.8) is 0 Å². The molecule has 1 aromatic heterocycles. The van der Waals surface area contributed by atoms with Crippen molar-refractivity contribution in [2.75, 3.05) is 32.7 Å². The first kappa shape index (κ1) is 12.0. The Kier molecular flexibility index (Phi) is 4.06. The van der Waals surface area contributed by atoms with Crippen LogP contribution in [0.25, 0.3) is 0 Å². The number of nitrogens with one attached hydrogen (secondary N) is 1. The van der Waals surface area contributed by atoms with Gasteiger partial charge in [-0.15, -0.1) is 0 Å². The highest BCUT2D eigenvalue weighted by molar-refractivity contribution is 5.76. The Bertz CT molecular complexity index is 363. The minimum atomic E-state index is -0.781. The number of hydrogen-bond acceptors (Lipinski definition) is 4. The standard InChI is InChI=1S/C12H17N3O2/c16-12(17)11(10-2-1-3-14-8-10)9-15-6-4-13-5-7-15/h1-3,8,11,13H,4-7,9H2,(H,16,17). The molecule has 1 aromatic rings. The summed E-state index contributed by atoms with van der Waals surface area (Å²) in [5.74, 6) is -1.27. The van der Waals surface area contributed by atoms with Crippen LogP contribution in [0.2, 0.25) is 0 Å².